The zero-order valence-corrected chi connectivity index (χ0v) is 14.1. The molecule has 0 spiro atoms. The van der Waals surface area contributed by atoms with Crippen LogP contribution in [-0.4, -0.2) is 0 Å². The molecule has 0 heterocycles. The summed E-state index contributed by atoms with van der Waals surface area (Å²) in [6, 6.07) is 15.9. The molecule has 0 saturated heterocycles. The molecule has 0 radical (unpaired) electrons. The molecule has 0 bridgehead atoms. The molecule has 0 unspecified atom stereocenters. The lowest BCUT2D eigenvalue weighted by Crippen LogP contribution is -2.22. The molecule has 0 nitrogen and oxygen atoms in total. The van der Waals surface area contributed by atoms with E-state index in [1.165, 1.54) is 40.7 Å². The fraction of sp³-hybridized carbons (Fsp3) is 0.304. The number of benzene rings is 2. The predicted octanol–water partition coefficient (Wildman–Crippen LogP) is 6.30. The number of allylic oxidation sites excluding steroid dienone is 4. The van der Waals surface area contributed by atoms with Crippen molar-refractivity contribution in [3.8, 4) is 0 Å². The van der Waals surface area contributed by atoms with Gasteiger partial charge in [0, 0.05) is 5.92 Å². The lowest BCUT2D eigenvalue weighted by Gasteiger charge is -2.37. The van der Waals surface area contributed by atoms with E-state index in [-0.39, 0.29) is 5.82 Å². The molecule has 0 saturated carbocycles. The number of fused-ring (bicyclic) bond motifs is 3. The third kappa shape index (κ3) is 2.62. The van der Waals surface area contributed by atoms with Crippen LogP contribution in [0, 0.1) is 11.7 Å². The van der Waals surface area contributed by atoms with Crippen LogP contribution in [0.25, 0.3) is 5.57 Å². The Morgan fingerprint density at radius 3 is 2.58 bits per heavy atom. The molecule has 24 heavy (non-hydrogen) atoms. The molecule has 2 atom stereocenters. The van der Waals surface area contributed by atoms with Crippen LogP contribution in [0.15, 0.2) is 66.3 Å². The molecule has 122 valence electrons. The predicted molar refractivity (Wildman–Crippen MR) is 98.4 cm³/mol. The van der Waals surface area contributed by atoms with Gasteiger partial charge < -0.3 is 0 Å². The Bertz CT molecular complexity index is 795. The van der Waals surface area contributed by atoms with E-state index in [0.717, 1.165) is 12.8 Å². The third-order valence-electron chi connectivity index (χ3n) is 5.48. The van der Waals surface area contributed by atoms with Gasteiger partial charge in [-0.2, -0.15) is 0 Å². The topological polar surface area (TPSA) is 0 Å². The Kier molecular flexibility index (Phi) is 4.10. The summed E-state index contributed by atoms with van der Waals surface area (Å²) in [7, 11) is 0. The van der Waals surface area contributed by atoms with E-state index in [4.69, 9.17) is 0 Å². The highest BCUT2D eigenvalue weighted by Crippen LogP contribution is 2.49. The van der Waals surface area contributed by atoms with Gasteiger partial charge in [0.2, 0.25) is 0 Å². The molecule has 0 N–H and O–H groups in total. The summed E-state index contributed by atoms with van der Waals surface area (Å²) in [5.74, 6) is 0.847. The first kappa shape index (κ1) is 15.4. The van der Waals surface area contributed by atoms with Crippen LogP contribution < -0.4 is 0 Å². The van der Waals surface area contributed by atoms with Gasteiger partial charge in [0.15, 0.2) is 0 Å². The quantitative estimate of drug-likeness (QED) is 0.623. The first-order chi connectivity index (χ1) is 11.8. The smallest absolute Gasteiger partial charge is 0.123 e. The summed E-state index contributed by atoms with van der Waals surface area (Å²) in [5, 5.41) is 0. The Balaban J connectivity index is 1.80. The van der Waals surface area contributed by atoms with Crippen molar-refractivity contribution in [2.45, 2.75) is 38.5 Å². The van der Waals surface area contributed by atoms with Gasteiger partial charge in [0.25, 0.3) is 0 Å². The second-order valence-corrected chi connectivity index (χ2v) is 6.95. The van der Waals surface area contributed by atoms with E-state index in [2.05, 4.69) is 43.3 Å². The summed E-state index contributed by atoms with van der Waals surface area (Å²) in [6.45, 7) is 2.26. The first-order valence-corrected chi connectivity index (χ1v) is 9.02. The summed E-state index contributed by atoms with van der Waals surface area (Å²) in [5.41, 5.74) is 6.91. The molecule has 2 aliphatic rings. The van der Waals surface area contributed by atoms with Crippen LogP contribution in [0.5, 0.6) is 0 Å². The summed E-state index contributed by atoms with van der Waals surface area (Å²) in [4.78, 5) is 0. The van der Waals surface area contributed by atoms with Gasteiger partial charge in [-0.15, -0.1) is 0 Å². The second kappa shape index (κ2) is 6.39. The third-order valence-corrected chi connectivity index (χ3v) is 5.48. The molecule has 0 amide bonds. The molecule has 0 aliphatic heterocycles. The van der Waals surface area contributed by atoms with Gasteiger partial charge in [-0.05, 0) is 65.1 Å². The maximum Gasteiger partial charge on any atom is 0.123 e. The van der Waals surface area contributed by atoms with Crippen LogP contribution in [0.3, 0.4) is 0 Å². The van der Waals surface area contributed by atoms with Crippen molar-refractivity contribution < 1.29 is 4.39 Å². The van der Waals surface area contributed by atoms with E-state index in [9.17, 15) is 4.39 Å². The van der Waals surface area contributed by atoms with Crippen molar-refractivity contribution in [1.82, 2.24) is 0 Å². The number of hydrogen-bond acceptors (Lipinski definition) is 0. The van der Waals surface area contributed by atoms with E-state index >= 15 is 0 Å². The minimum absolute atomic E-state index is 0.152. The van der Waals surface area contributed by atoms with E-state index in [1.807, 2.05) is 12.1 Å². The van der Waals surface area contributed by atoms with E-state index < -0.39 is 0 Å². The van der Waals surface area contributed by atoms with Crippen molar-refractivity contribution in [1.29, 1.82) is 0 Å². The average Bonchev–Trinajstić information content (AvgIpc) is 2.62. The largest absolute Gasteiger partial charge is 0.207 e. The minimum atomic E-state index is -0.152. The van der Waals surface area contributed by atoms with Crippen molar-refractivity contribution in [3.63, 3.8) is 0 Å². The molecular weight excluding hydrogens is 295 g/mol. The summed E-state index contributed by atoms with van der Waals surface area (Å²) in [6.07, 6.45) is 9.35. The van der Waals surface area contributed by atoms with Crippen LogP contribution in [-0.2, 0) is 6.42 Å². The molecule has 0 aromatic heterocycles. The highest BCUT2D eigenvalue weighted by atomic mass is 19.1. The van der Waals surface area contributed by atoms with Gasteiger partial charge in [0.05, 0.1) is 0 Å². The first-order valence-electron chi connectivity index (χ1n) is 9.02. The number of halogens is 1. The van der Waals surface area contributed by atoms with Gasteiger partial charge in [-0.1, -0.05) is 61.9 Å². The lowest BCUT2D eigenvalue weighted by atomic mass is 9.67. The molecule has 2 aromatic rings. The van der Waals surface area contributed by atoms with Crippen molar-refractivity contribution in [3.05, 3.63) is 88.8 Å². The minimum Gasteiger partial charge on any atom is -0.207 e. The SMILES string of the molecule is CCC[C@@H]1CC=C2C(=CCc3ccccc32)[C@H]1c1ccc(F)cc1. The van der Waals surface area contributed by atoms with Crippen LogP contribution >= 0.6 is 0 Å². The zero-order chi connectivity index (χ0) is 16.5. The Morgan fingerprint density at radius 2 is 1.79 bits per heavy atom. The van der Waals surface area contributed by atoms with E-state index in [0.29, 0.717) is 11.8 Å². The van der Waals surface area contributed by atoms with Gasteiger partial charge in [-0.3, -0.25) is 0 Å². The van der Waals surface area contributed by atoms with Gasteiger partial charge in [-0.25, -0.2) is 4.39 Å². The van der Waals surface area contributed by atoms with Crippen molar-refractivity contribution >= 4 is 5.57 Å². The Morgan fingerprint density at radius 1 is 1.00 bits per heavy atom. The highest BCUT2D eigenvalue weighted by Gasteiger charge is 2.33. The standard InChI is InChI=1S/C23H23F/c1-2-5-17-11-14-21-20-7-4-3-6-16(20)10-15-22(21)23(17)18-8-12-19(24)13-9-18/h3-4,6-9,12-15,17,23H,2,5,10-11H2,1H3/t17-,23-/m1/s1. The number of rotatable bonds is 3. The fourth-order valence-corrected chi connectivity index (χ4v) is 4.41. The summed E-state index contributed by atoms with van der Waals surface area (Å²) < 4.78 is 13.4. The lowest BCUT2D eigenvalue weighted by molar-refractivity contribution is 0.424. The highest BCUT2D eigenvalue weighted by molar-refractivity contribution is 5.85. The molecular formula is C23H23F. The zero-order valence-electron chi connectivity index (χ0n) is 14.1. The van der Waals surface area contributed by atoms with Gasteiger partial charge in [0.1, 0.15) is 5.82 Å². The Hall–Kier alpha value is -2.15. The van der Waals surface area contributed by atoms with Crippen LogP contribution in [0.1, 0.15) is 48.8 Å². The average molecular weight is 318 g/mol. The fourth-order valence-electron chi connectivity index (χ4n) is 4.41. The molecule has 1 heteroatoms. The van der Waals surface area contributed by atoms with Crippen LogP contribution in [0.2, 0.25) is 0 Å². The monoisotopic (exact) mass is 318 g/mol. The van der Waals surface area contributed by atoms with Gasteiger partial charge >= 0.3 is 0 Å². The normalized spacial score (nSPS) is 22.2. The van der Waals surface area contributed by atoms with Crippen molar-refractivity contribution in [2.24, 2.45) is 5.92 Å². The Labute approximate surface area is 143 Å². The molecule has 2 aliphatic carbocycles. The number of hydrogen-bond donors (Lipinski definition) is 0. The maximum atomic E-state index is 13.4. The van der Waals surface area contributed by atoms with Crippen molar-refractivity contribution in [2.75, 3.05) is 0 Å². The second-order valence-electron chi connectivity index (χ2n) is 6.95. The van der Waals surface area contributed by atoms with E-state index in [1.54, 1.807) is 12.1 Å². The molecule has 2 aromatic carbocycles. The summed E-state index contributed by atoms with van der Waals surface area (Å²) >= 11 is 0. The molecule has 0 fully saturated rings. The van der Waals surface area contributed by atoms with Crippen LogP contribution in [0.4, 0.5) is 4.39 Å². The maximum absolute atomic E-state index is 13.4. The molecule has 4 rings (SSSR count).